The SMILES string of the molecule is Cc1c(C)c(C)n(C)c1C.Cc1cc(C)c(C)nc1C.Cc1nc(C)c(C)nc1C.Cc1oc(C)c(C)c1C.Cc1sc(C)c(C)c1C. The molecule has 48 heavy (non-hydrogen) atoms. The first-order valence-corrected chi connectivity index (χ1v) is 17.7. The number of aromatic nitrogens is 4. The van der Waals surface area contributed by atoms with Crippen molar-refractivity contribution in [3.05, 3.63) is 117 Å². The van der Waals surface area contributed by atoms with E-state index in [2.05, 4.69) is 116 Å². The Morgan fingerprint density at radius 2 is 0.708 bits per heavy atom. The number of nitrogens with zero attached hydrogens (tertiary/aromatic N) is 4. The number of hydrogen-bond donors (Lipinski definition) is 0. The van der Waals surface area contributed by atoms with Gasteiger partial charge in [-0.1, -0.05) is 6.07 Å². The zero-order valence-electron chi connectivity index (χ0n) is 34.2. The molecule has 0 N–H and O–H groups in total. The number of pyridine rings is 1. The van der Waals surface area contributed by atoms with Gasteiger partial charge in [0.15, 0.2) is 0 Å². The van der Waals surface area contributed by atoms with Gasteiger partial charge in [-0.15, -0.1) is 11.3 Å². The Labute approximate surface area is 297 Å². The average Bonchev–Trinajstić information content (AvgIpc) is 3.45. The third-order valence-electron chi connectivity index (χ3n) is 10.1. The van der Waals surface area contributed by atoms with Crippen molar-refractivity contribution in [1.29, 1.82) is 0 Å². The Bertz CT molecular complexity index is 1500. The van der Waals surface area contributed by atoms with E-state index in [9.17, 15) is 0 Å². The minimum absolute atomic E-state index is 1.03. The van der Waals surface area contributed by atoms with Gasteiger partial charge >= 0.3 is 0 Å². The molecule has 0 spiro atoms. The summed E-state index contributed by atoms with van der Waals surface area (Å²) in [6, 6.07) is 2.18. The first-order valence-electron chi connectivity index (χ1n) is 16.9. The normalized spacial score (nSPS) is 10.2. The summed E-state index contributed by atoms with van der Waals surface area (Å²) in [6.45, 7) is 41.8. The van der Waals surface area contributed by atoms with E-state index < -0.39 is 0 Å². The Morgan fingerprint density at radius 3 is 0.875 bits per heavy atom. The molecular weight excluding hydrogens is 609 g/mol. The Kier molecular flexibility index (Phi) is 16.2. The lowest BCUT2D eigenvalue weighted by molar-refractivity contribution is 0.501. The third kappa shape index (κ3) is 11.3. The summed E-state index contributed by atoms with van der Waals surface area (Å²) in [7, 11) is 2.12. The maximum absolute atomic E-state index is 5.34. The highest BCUT2D eigenvalue weighted by atomic mass is 32.1. The number of aryl methyl sites for hydroxylation is 12. The fourth-order valence-corrected chi connectivity index (χ4v) is 5.98. The number of rotatable bonds is 0. The van der Waals surface area contributed by atoms with Gasteiger partial charge in [0.2, 0.25) is 0 Å². The lowest BCUT2D eigenvalue weighted by Gasteiger charge is -2.03. The van der Waals surface area contributed by atoms with Crippen molar-refractivity contribution in [1.82, 2.24) is 19.5 Å². The average molecular weight is 673 g/mol. The van der Waals surface area contributed by atoms with Gasteiger partial charge in [-0.25, -0.2) is 0 Å². The van der Waals surface area contributed by atoms with E-state index in [0.29, 0.717) is 0 Å². The molecule has 0 atom stereocenters. The molecule has 0 aromatic carbocycles. The van der Waals surface area contributed by atoms with Crippen LogP contribution in [0.4, 0.5) is 0 Å². The van der Waals surface area contributed by atoms with E-state index >= 15 is 0 Å². The van der Waals surface area contributed by atoms with Crippen LogP contribution in [0.25, 0.3) is 0 Å². The van der Waals surface area contributed by atoms with Gasteiger partial charge in [-0.2, -0.15) is 0 Å². The maximum Gasteiger partial charge on any atom is 0.104 e. The number of furan rings is 1. The van der Waals surface area contributed by atoms with Gasteiger partial charge in [0.25, 0.3) is 0 Å². The smallest absolute Gasteiger partial charge is 0.104 e. The lowest BCUT2D eigenvalue weighted by Crippen LogP contribution is -1.97. The molecule has 0 saturated carbocycles. The molecule has 5 aromatic heterocycles. The largest absolute Gasteiger partial charge is 0.466 e. The third-order valence-corrected chi connectivity index (χ3v) is 11.4. The van der Waals surface area contributed by atoms with Crippen LogP contribution in [0, 0.1) is 138 Å². The predicted molar refractivity (Wildman–Crippen MR) is 209 cm³/mol. The summed E-state index contributed by atoms with van der Waals surface area (Å²) in [4.78, 5) is 15.9. The second-order valence-corrected chi connectivity index (χ2v) is 14.7. The predicted octanol–water partition coefficient (Wildman–Crippen LogP) is 11.8. The fourth-order valence-electron chi connectivity index (χ4n) is 4.91. The Balaban J connectivity index is 0.000000300. The van der Waals surface area contributed by atoms with Crippen LogP contribution in [-0.4, -0.2) is 19.5 Å². The van der Waals surface area contributed by atoms with E-state index in [-0.39, 0.29) is 0 Å². The summed E-state index contributed by atoms with van der Waals surface area (Å²) < 4.78 is 7.59. The minimum atomic E-state index is 1.03. The summed E-state index contributed by atoms with van der Waals surface area (Å²) in [6.07, 6.45) is 0. The van der Waals surface area contributed by atoms with Gasteiger partial charge in [0.1, 0.15) is 11.5 Å². The highest BCUT2D eigenvalue weighted by Crippen LogP contribution is 2.25. The fraction of sp³-hybridized carbons (Fsp3) is 0.500. The molecule has 264 valence electrons. The van der Waals surface area contributed by atoms with E-state index in [1.165, 1.54) is 65.6 Å². The van der Waals surface area contributed by atoms with Crippen LogP contribution in [0.5, 0.6) is 0 Å². The minimum Gasteiger partial charge on any atom is -0.466 e. The summed E-state index contributed by atoms with van der Waals surface area (Å²) in [5, 5.41) is 0. The molecule has 0 aliphatic heterocycles. The van der Waals surface area contributed by atoms with Crippen molar-refractivity contribution in [3.8, 4) is 0 Å². The van der Waals surface area contributed by atoms with Crippen LogP contribution in [0.1, 0.15) is 111 Å². The second kappa shape index (κ2) is 18.3. The van der Waals surface area contributed by atoms with Crippen molar-refractivity contribution >= 4 is 11.3 Å². The van der Waals surface area contributed by atoms with Gasteiger partial charge < -0.3 is 8.98 Å². The summed E-state index contributed by atoms with van der Waals surface area (Å²) in [5.41, 5.74) is 20.1. The standard InChI is InChI=1S/C9H15N.C9H13N.C8H12N2.C8H12O.C8H12S/c1-6-7(2)9(4)10(5)8(6)3;1-6-5-7(2)9(4)10-8(6)3;1-5-6(2)10-8(4)7(3)9-5;2*1-5-6(2)8(4)9-7(5)3/h1-5H3;5H,1-4H3;1-4H3;2*1-4H3. The molecule has 0 saturated heterocycles. The van der Waals surface area contributed by atoms with E-state index in [4.69, 9.17) is 4.42 Å². The molecule has 0 unspecified atom stereocenters. The van der Waals surface area contributed by atoms with Gasteiger partial charge in [-0.05, 0) is 183 Å². The van der Waals surface area contributed by atoms with Crippen LogP contribution in [0.2, 0.25) is 0 Å². The monoisotopic (exact) mass is 672 g/mol. The van der Waals surface area contributed by atoms with E-state index in [1.54, 1.807) is 0 Å². The lowest BCUT2D eigenvalue weighted by atomic mass is 10.1. The molecule has 5 aromatic rings. The van der Waals surface area contributed by atoms with Crippen LogP contribution < -0.4 is 0 Å². The number of thiophene rings is 1. The topological polar surface area (TPSA) is 56.7 Å². The zero-order valence-corrected chi connectivity index (χ0v) is 35.0. The van der Waals surface area contributed by atoms with Gasteiger partial charge in [0.05, 0.1) is 22.8 Å². The second-order valence-electron chi connectivity index (χ2n) is 13.3. The first kappa shape index (κ1) is 42.5. The van der Waals surface area contributed by atoms with Crippen molar-refractivity contribution in [2.45, 2.75) is 138 Å². The van der Waals surface area contributed by atoms with E-state index in [1.807, 2.05) is 66.7 Å². The highest BCUT2D eigenvalue weighted by Gasteiger charge is 2.07. The van der Waals surface area contributed by atoms with Crippen LogP contribution in [-0.2, 0) is 7.05 Å². The molecular formula is C42H64N4OS. The van der Waals surface area contributed by atoms with Crippen molar-refractivity contribution < 1.29 is 4.42 Å². The van der Waals surface area contributed by atoms with Gasteiger partial charge in [-0.3, -0.25) is 15.0 Å². The first-order chi connectivity index (χ1) is 22.0. The van der Waals surface area contributed by atoms with Crippen LogP contribution >= 0.6 is 11.3 Å². The molecule has 5 nitrogen and oxygen atoms in total. The molecule has 0 fully saturated rings. The van der Waals surface area contributed by atoms with Crippen molar-refractivity contribution in [2.75, 3.05) is 0 Å². The molecule has 0 radical (unpaired) electrons. The maximum atomic E-state index is 5.34. The number of hydrogen-bond acceptors (Lipinski definition) is 5. The molecule has 0 bridgehead atoms. The Hall–Kier alpha value is -3.51. The van der Waals surface area contributed by atoms with Crippen molar-refractivity contribution in [3.63, 3.8) is 0 Å². The molecule has 0 aliphatic rings. The highest BCUT2D eigenvalue weighted by molar-refractivity contribution is 7.12. The molecule has 6 heteroatoms. The zero-order chi connectivity index (χ0) is 37.4. The van der Waals surface area contributed by atoms with Crippen LogP contribution in [0.3, 0.4) is 0 Å². The Morgan fingerprint density at radius 1 is 0.417 bits per heavy atom. The van der Waals surface area contributed by atoms with Crippen molar-refractivity contribution in [2.24, 2.45) is 7.05 Å². The summed E-state index contributed by atoms with van der Waals surface area (Å²) >= 11 is 1.90. The quantitative estimate of drug-likeness (QED) is 0.164. The van der Waals surface area contributed by atoms with E-state index in [0.717, 1.165) is 45.7 Å². The molecule has 5 heterocycles. The molecule has 0 amide bonds. The molecule has 0 aliphatic carbocycles. The molecule has 5 rings (SSSR count). The van der Waals surface area contributed by atoms with Gasteiger partial charge in [0, 0.05) is 39.6 Å². The summed E-state index contributed by atoms with van der Waals surface area (Å²) in [5.74, 6) is 2.09. The van der Waals surface area contributed by atoms with Crippen LogP contribution in [0.15, 0.2) is 10.5 Å².